The van der Waals surface area contributed by atoms with Gasteiger partial charge in [-0.25, -0.2) is 4.98 Å². The number of morpholine rings is 1. The van der Waals surface area contributed by atoms with E-state index in [1.807, 2.05) is 4.90 Å². The van der Waals surface area contributed by atoms with Crippen LogP contribution in [-0.4, -0.2) is 74.4 Å². The standard InChI is InChI=1S/C20H27N5O4/c1-27-16-10-14-15(11-17(16)28-2)22-20(23-18(14)21)25-5-3-4-13(12-25)19(26)24-6-8-29-9-7-24/h10-11,13H,3-9,12H2,1-2H3,(H2,21,22,23). The number of nitrogen functional groups attached to an aromatic ring is 1. The van der Waals surface area contributed by atoms with E-state index in [2.05, 4.69) is 9.88 Å². The molecule has 3 heterocycles. The van der Waals surface area contributed by atoms with Crippen molar-refractivity contribution in [3.05, 3.63) is 12.1 Å². The molecule has 156 valence electrons. The molecular formula is C20H27N5O4. The highest BCUT2D eigenvalue weighted by Crippen LogP contribution is 2.34. The number of rotatable bonds is 4. The molecule has 1 aromatic heterocycles. The summed E-state index contributed by atoms with van der Waals surface area (Å²) in [6.45, 7) is 3.93. The van der Waals surface area contributed by atoms with Gasteiger partial charge in [0.05, 0.1) is 38.9 Å². The number of ether oxygens (including phenoxy) is 3. The van der Waals surface area contributed by atoms with E-state index in [9.17, 15) is 4.79 Å². The molecule has 9 heteroatoms. The minimum Gasteiger partial charge on any atom is -0.493 e. The van der Waals surface area contributed by atoms with Crippen molar-refractivity contribution >= 4 is 28.6 Å². The molecule has 2 aliphatic heterocycles. The van der Waals surface area contributed by atoms with Gasteiger partial charge in [0.15, 0.2) is 11.5 Å². The van der Waals surface area contributed by atoms with Crippen molar-refractivity contribution in [1.82, 2.24) is 14.9 Å². The van der Waals surface area contributed by atoms with Crippen LogP contribution in [0.15, 0.2) is 12.1 Å². The molecule has 1 unspecified atom stereocenters. The second-order valence-corrected chi connectivity index (χ2v) is 7.36. The number of amides is 1. The van der Waals surface area contributed by atoms with Gasteiger partial charge in [-0.2, -0.15) is 4.98 Å². The number of nitrogens with two attached hydrogens (primary N) is 1. The van der Waals surface area contributed by atoms with Crippen LogP contribution in [0.2, 0.25) is 0 Å². The average molecular weight is 401 g/mol. The van der Waals surface area contributed by atoms with Gasteiger partial charge < -0.3 is 29.7 Å². The smallest absolute Gasteiger partial charge is 0.227 e. The first-order chi connectivity index (χ1) is 14.1. The number of carbonyl (C=O) groups excluding carboxylic acids is 1. The summed E-state index contributed by atoms with van der Waals surface area (Å²) in [5, 5.41) is 0.712. The first kappa shape index (κ1) is 19.5. The van der Waals surface area contributed by atoms with Crippen molar-refractivity contribution in [3.63, 3.8) is 0 Å². The van der Waals surface area contributed by atoms with E-state index in [0.29, 0.717) is 67.0 Å². The monoisotopic (exact) mass is 401 g/mol. The Kier molecular flexibility index (Phi) is 5.57. The maximum atomic E-state index is 12.9. The Balaban J connectivity index is 1.59. The number of nitrogens with zero attached hydrogens (tertiary/aromatic N) is 4. The third-order valence-corrected chi connectivity index (χ3v) is 5.59. The molecule has 2 N–H and O–H groups in total. The number of carbonyl (C=O) groups is 1. The maximum absolute atomic E-state index is 12.9. The number of hydrogen-bond donors (Lipinski definition) is 1. The zero-order valence-electron chi connectivity index (χ0n) is 16.9. The van der Waals surface area contributed by atoms with E-state index < -0.39 is 0 Å². The van der Waals surface area contributed by atoms with E-state index >= 15 is 0 Å². The largest absolute Gasteiger partial charge is 0.493 e. The number of anilines is 2. The van der Waals surface area contributed by atoms with Crippen molar-refractivity contribution in [3.8, 4) is 11.5 Å². The molecule has 0 spiro atoms. The lowest BCUT2D eigenvalue weighted by molar-refractivity contribution is -0.139. The van der Waals surface area contributed by atoms with Gasteiger partial charge in [-0.05, 0) is 18.9 Å². The molecular weight excluding hydrogens is 374 g/mol. The number of piperidine rings is 1. The van der Waals surface area contributed by atoms with E-state index in [0.717, 1.165) is 19.4 Å². The van der Waals surface area contributed by atoms with Gasteiger partial charge in [-0.3, -0.25) is 4.79 Å². The zero-order chi connectivity index (χ0) is 20.4. The van der Waals surface area contributed by atoms with Crippen LogP contribution in [0.25, 0.3) is 10.9 Å². The van der Waals surface area contributed by atoms with Crippen molar-refractivity contribution in [2.45, 2.75) is 12.8 Å². The summed E-state index contributed by atoms with van der Waals surface area (Å²) in [4.78, 5) is 26.1. The third-order valence-electron chi connectivity index (χ3n) is 5.59. The molecule has 4 rings (SSSR count). The Hall–Kier alpha value is -2.81. The molecule has 2 saturated heterocycles. The van der Waals surface area contributed by atoms with Gasteiger partial charge in [-0.15, -0.1) is 0 Å². The first-order valence-corrected chi connectivity index (χ1v) is 9.91. The van der Waals surface area contributed by atoms with Crippen LogP contribution < -0.4 is 20.1 Å². The average Bonchev–Trinajstić information content (AvgIpc) is 2.78. The van der Waals surface area contributed by atoms with Gasteiger partial charge in [0.25, 0.3) is 0 Å². The molecule has 2 aromatic rings. The summed E-state index contributed by atoms with van der Waals surface area (Å²) in [7, 11) is 3.16. The van der Waals surface area contributed by atoms with E-state index in [1.54, 1.807) is 26.4 Å². The quantitative estimate of drug-likeness (QED) is 0.818. The third kappa shape index (κ3) is 3.87. The second kappa shape index (κ2) is 8.28. The molecule has 1 aromatic carbocycles. The van der Waals surface area contributed by atoms with Crippen LogP contribution in [0, 0.1) is 5.92 Å². The predicted octanol–water partition coefficient (Wildman–Crippen LogP) is 1.30. The molecule has 1 amide bonds. The van der Waals surface area contributed by atoms with E-state index in [4.69, 9.17) is 24.9 Å². The molecule has 9 nitrogen and oxygen atoms in total. The number of fused-ring (bicyclic) bond motifs is 1. The first-order valence-electron chi connectivity index (χ1n) is 9.91. The zero-order valence-corrected chi connectivity index (χ0v) is 16.9. The Morgan fingerprint density at radius 3 is 2.59 bits per heavy atom. The highest BCUT2D eigenvalue weighted by Gasteiger charge is 2.31. The number of methoxy groups -OCH3 is 2. The SMILES string of the molecule is COc1cc2nc(N3CCCC(C(=O)N4CCOCC4)C3)nc(N)c2cc1OC. The molecule has 29 heavy (non-hydrogen) atoms. The lowest BCUT2D eigenvalue weighted by atomic mass is 9.96. The second-order valence-electron chi connectivity index (χ2n) is 7.36. The summed E-state index contributed by atoms with van der Waals surface area (Å²) < 4.78 is 16.1. The van der Waals surface area contributed by atoms with E-state index in [-0.39, 0.29) is 11.8 Å². The minimum absolute atomic E-state index is 0.0622. The Bertz CT molecular complexity index is 900. The summed E-state index contributed by atoms with van der Waals surface area (Å²) in [6.07, 6.45) is 1.79. The fourth-order valence-corrected chi connectivity index (χ4v) is 4.01. The van der Waals surface area contributed by atoms with Crippen LogP contribution >= 0.6 is 0 Å². The van der Waals surface area contributed by atoms with Gasteiger partial charge in [0.2, 0.25) is 11.9 Å². The summed E-state index contributed by atoms with van der Waals surface area (Å²) in [5.74, 6) is 2.22. The number of hydrogen-bond acceptors (Lipinski definition) is 8. The van der Waals surface area contributed by atoms with Crippen LogP contribution in [0.4, 0.5) is 11.8 Å². The van der Waals surface area contributed by atoms with Crippen molar-refractivity contribution in [2.24, 2.45) is 5.92 Å². The van der Waals surface area contributed by atoms with Crippen molar-refractivity contribution in [2.75, 3.05) is 64.2 Å². The fourth-order valence-electron chi connectivity index (χ4n) is 4.01. The number of benzene rings is 1. The topological polar surface area (TPSA) is 103 Å². The predicted molar refractivity (Wildman–Crippen MR) is 109 cm³/mol. The number of aromatic nitrogens is 2. The Labute approximate surface area is 169 Å². The lowest BCUT2D eigenvalue weighted by Gasteiger charge is -2.36. The van der Waals surface area contributed by atoms with Crippen molar-refractivity contribution < 1.29 is 19.0 Å². The van der Waals surface area contributed by atoms with Gasteiger partial charge in [-0.1, -0.05) is 0 Å². The molecule has 1 atom stereocenters. The molecule has 2 aliphatic rings. The van der Waals surface area contributed by atoms with Crippen LogP contribution in [0.5, 0.6) is 11.5 Å². The van der Waals surface area contributed by atoms with Crippen LogP contribution in [-0.2, 0) is 9.53 Å². The van der Waals surface area contributed by atoms with E-state index in [1.165, 1.54) is 0 Å². The highest BCUT2D eigenvalue weighted by atomic mass is 16.5. The molecule has 2 fully saturated rings. The molecule has 0 saturated carbocycles. The van der Waals surface area contributed by atoms with Crippen LogP contribution in [0.1, 0.15) is 12.8 Å². The normalized spacial score (nSPS) is 20.0. The van der Waals surface area contributed by atoms with Gasteiger partial charge in [0, 0.05) is 37.6 Å². The maximum Gasteiger partial charge on any atom is 0.227 e. The fraction of sp³-hybridized carbons (Fsp3) is 0.550. The molecule has 0 aliphatic carbocycles. The molecule has 0 bridgehead atoms. The lowest BCUT2D eigenvalue weighted by Crippen LogP contribution is -2.48. The van der Waals surface area contributed by atoms with Crippen molar-refractivity contribution in [1.29, 1.82) is 0 Å². The highest BCUT2D eigenvalue weighted by molar-refractivity contribution is 5.91. The molecule has 0 radical (unpaired) electrons. The Morgan fingerprint density at radius 2 is 1.86 bits per heavy atom. The summed E-state index contributed by atoms with van der Waals surface area (Å²) in [6, 6.07) is 3.59. The Morgan fingerprint density at radius 1 is 1.14 bits per heavy atom. The summed E-state index contributed by atoms with van der Waals surface area (Å²) in [5.41, 5.74) is 6.91. The minimum atomic E-state index is -0.0622. The van der Waals surface area contributed by atoms with Crippen LogP contribution in [0.3, 0.4) is 0 Å². The van der Waals surface area contributed by atoms with Gasteiger partial charge >= 0.3 is 0 Å². The van der Waals surface area contributed by atoms with Gasteiger partial charge in [0.1, 0.15) is 5.82 Å². The summed E-state index contributed by atoms with van der Waals surface area (Å²) >= 11 is 0.